The van der Waals surface area contributed by atoms with Crippen LogP contribution in [0.25, 0.3) is 0 Å². The molecule has 0 saturated carbocycles. The lowest BCUT2D eigenvalue weighted by Gasteiger charge is -2.36. The Bertz CT molecular complexity index is 105. The maximum absolute atomic E-state index is 5.38. The molecule has 0 atom stereocenters. The van der Waals surface area contributed by atoms with Gasteiger partial charge in [-0.25, -0.2) is 0 Å². The second kappa shape index (κ2) is 4.17. The highest BCUT2D eigenvalue weighted by molar-refractivity contribution is 6.61. The highest BCUT2D eigenvalue weighted by atomic mass is 28.4. The van der Waals surface area contributed by atoms with Gasteiger partial charge in [0.1, 0.15) is 0 Å². The van der Waals surface area contributed by atoms with E-state index in [-0.39, 0.29) is 0 Å². The summed E-state index contributed by atoms with van der Waals surface area (Å²) in [5.74, 6) is 0. The molecule has 0 bridgehead atoms. The van der Waals surface area contributed by atoms with Crippen molar-refractivity contribution in [2.45, 2.75) is 0 Å². The van der Waals surface area contributed by atoms with Crippen LogP contribution < -0.4 is 0 Å². The molecule has 0 aromatic rings. The number of hydrogen-bond acceptors (Lipinski definition) is 4. The summed E-state index contributed by atoms with van der Waals surface area (Å²) in [5.41, 5.74) is 0. The molecule has 0 aliphatic heterocycles. The van der Waals surface area contributed by atoms with Gasteiger partial charge in [-0.15, -0.1) is 0 Å². The molecular formula is C6H18N2O2Si. The second-order valence-electron chi connectivity index (χ2n) is 2.75. The lowest BCUT2D eigenvalue weighted by molar-refractivity contribution is 0.133. The predicted molar refractivity (Wildman–Crippen MR) is 47.1 cm³/mol. The van der Waals surface area contributed by atoms with Gasteiger partial charge in [-0.3, -0.25) is 9.13 Å². The Balaban J connectivity index is 4.46. The zero-order valence-electron chi connectivity index (χ0n) is 8.21. The first-order valence-electron chi connectivity index (χ1n) is 3.46. The molecule has 0 unspecified atom stereocenters. The fraction of sp³-hybridized carbons (Fsp3) is 1.00. The van der Waals surface area contributed by atoms with Gasteiger partial charge in [0, 0.05) is 14.2 Å². The Labute approximate surface area is 70.1 Å². The molecule has 5 heteroatoms. The average Bonchev–Trinajstić information content (AvgIpc) is 1.90. The molecule has 0 aromatic heterocycles. The van der Waals surface area contributed by atoms with Crippen LogP contribution in [0.4, 0.5) is 0 Å². The summed E-state index contributed by atoms with van der Waals surface area (Å²) < 4.78 is 14.7. The van der Waals surface area contributed by atoms with Crippen molar-refractivity contribution in [1.82, 2.24) is 9.13 Å². The Kier molecular flexibility index (Phi) is 4.20. The van der Waals surface area contributed by atoms with Crippen LogP contribution >= 0.6 is 0 Å². The number of hydrogen-bond donors (Lipinski definition) is 0. The first-order chi connectivity index (χ1) is 5.01. The van der Waals surface area contributed by atoms with Crippen LogP contribution in [-0.2, 0) is 8.85 Å². The van der Waals surface area contributed by atoms with Crippen LogP contribution in [0.2, 0.25) is 0 Å². The minimum absolute atomic E-state index is 1.68. The molecule has 0 fully saturated rings. The van der Waals surface area contributed by atoms with E-state index >= 15 is 0 Å². The van der Waals surface area contributed by atoms with E-state index in [4.69, 9.17) is 8.85 Å². The van der Waals surface area contributed by atoms with Crippen molar-refractivity contribution in [1.29, 1.82) is 0 Å². The van der Waals surface area contributed by atoms with E-state index in [2.05, 4.69) is 0 Å². The molecule has 0 spiro atoms. The topological polar surface area (TPSA) is 24.9 Å². The monoisotopic (exact) mass is 178 g/mol. The summed E-state index contributed by atoms with van der Waals surface area (Å²) in [5, 5.41) is 0. The van der Waals surface area contributed by atoms with Crippen LogP contribution in [0.5, 0.6) is 0 Å². The van der Waals surface area contributed by atoms with E-state index < -0.39 is 8.88 Å². The van der Waals surface area contributed by atoms with Gasteiger partial charge in [0.2, 0.25) is 0 Å². The third-order valence-corrected chi connectivity index (χ3v) is 4.99. The highest BCUT2D eigenvalue weighted by Gasteiger charge is 2.43. The lowest BCUT2D eigenvalue weighted by Crippen LogP contribution is -2.64. The third kappa shape index (κ3) is 2.00. The minimum Gasteiger partial charge on any atom is -0.374 e. The normalized spacial score (nSPS) is 13.1. The van der Waals surface area contributed by atoms with E-state index in [0.29, 0.717) is 0 Å². The van der Waals surface area contributed by atoms with E-state index in [1.807, 2.05) is 37.3 Å². The average molecular weight is 178 g/mol. The van der Waals surface area contributed by atoms with Crippen molar-refractivity contribution in [2.75, 3.05) is 42.4 Å². The molecule has 0 aliphatic carbocycles. The van der Waals surface area contributed by atoms with Crippen LogP contribution in [0.15, 0.2) is 0 Å². The standard InChI is InChI=1S/C6H18N2O2Si/c1-7(2)11(9-5,10-6)8(3)4/h1-6H3. The lowest BCUT2D eigenvalue weighted by atomic mass is 11.3. The molecule has 68 valence electrons. The molecule has 0 aliphatic rings. The summed E-state index contributed by atoms with van der Waals surface area (Å²) in [7, 11) is 8.95. The molecule has 0 radical (unpaired) electrons. The molecule has 11 heavy (non-hydrogen) atoms. The van der Waals surface area contributed by atoms with E-state index in [0.717, 1.165) is 0 Å². The third-order valence-electron chi connectivity index (χ3n) is 1.66. The summed E-state index contributed by atoms with van der Waals surface area (Å²) in [6, 6.07) is 0. The SMILES string of the molecule is CO[Si](OC)(N(C)C)N(C)C. The smallest absolute Gasteiger partial charge is 0.374 e. The molecule has 0 rings (SSSR count). The van der Waals surface area contributed by atoms with Crippen molar-refractivity contribution in [3.63, 3.8) is 0 Å². The van der Waals surface area contributed by atoms with Gasteiger partial charge >= 0.3 is 8.88 Å². The maximum atomic E-state index is 5.38. The van der Waals surface area contributed by atoms with E-state index in [9.17, 15) is 0 Å². The largest absolute Gasteiger partial charge is 0.521 e. The Morgan fingerprint density at radius 1 is 0.818 bits per heavy atom. The molecule has 0 N–H and O–H groups in total. The predicted octanol–water partition coefficient (Wildman–Crippen LogP) is -0.162. The zero-order valence-corrected chi connectivity index (χ0v) is 9.21. The quantitative estimate of drug-likeness (QED) is 0.558. The van der Waals surface area contributed by atoms with Gasteiger partial charge in [-0.2, -0.15) is 0 Å². The van der Waals surface area contributed by atoms with E-state index in [1.54, 1.807) is 14.2 Å². The Morgan fingerprint density at radius 3 is 1.09 bits per heavy atom. The summed E-state index contributed by atoms with van der Waals surface area (Å²) in [6.07, 6.45) is 0. The summed E-state index contributed by atoms with van der Waals surface area (Å²) >= 11 is 0. The van der Waals surface area contributed by atoms with Gasteiger partial charge in [-0.05, 0) is 28.2 Å². The minimum atomic E-state index is -2.23. The number of rotatable bonds is 4. The molecule has 0 saturated heterocycles. The van der Waals surface area contributed by atoms with Crippen molar-refractivity contribution < 1.29 is 8.85 Å². The fourth-order valence-corrected chi connectivity index (χ4v) is 3.64. The molecule has 0 aromatic carbocycles. The molecule has 4 nitrogen and oxygen atoms in total. The van der Waals surface area contributed by atoms with Crippen LogP contribution in [0.3, 0.4) is 0 Å². The second-order valence-corrected chi connectivity index (χ2v) is 6.45. The van der Waals surface area contributed by atoms with Crippen molar-refractivity contribution >= 4 is 8.88 Å². The van der Waals surface area contributed by atoms with Crippen molar-refractivity contribution in [3.05, 3.63) is 0 Å². The fourth-order valence-electron chi connectivity index (χ4n) is 1.21. The van der Waals surface area contributed by atoms with Gasteiger partial charge < -0.3 is 8.85 Å². The van der Waals surface area contributed by atoms with Crippen molar-refractivity contribution in [3.8, 4) is 0 Å². The number of nitrogens with zero attached hydrogens (tertiary/aromatic N) is 2. The Morgan fingerprint density at radius 2 is 1.09 bits per heavy atom. The zero-order chi connectivity index (χ0) is 9.07. The van der Waals surface area contributed by atoms with Gasteiger partial charge in [0.05, 0.1) is 0 Å². The first kappa shape index (κ1) is 11.1. The van der Waals surface area contributed by atoms with E-state index in [1.165, 1.54) is 0 Å². The highest BCUT2D eigenvalue weighted by Crippen LogP contribution is 2.09. The Hall–Kier alpha value is 0.0569. The van der Waals surface area contributed by atoms with Gasteiger partial charge in [-0.1, -0.05) is 0 Å². The summed E-state index contributed by atoms with van der Waals surface area (Å²) in [4.78, 5) is 0. The van der Waals surface area contributed by atoms with Crippen molar-refractivity contribution in [2.24, 2.45) is 0 Å². The van der Waals surface area contributed by atoms with Crippen LogP contribution in [-0.4, -0.2) is 60.4 Å². The first-order valence-corrected chi connectivity index (χ1v) is 5.17. The van der Waals surface area contributed by atoms with Crippen LogP contribution in [0, 0.1) is 0 Å². The van der Waals surface area contributed by atoms with Crippen LogP contribution in [0.1, 0.15) is 0 Å². The molecule has 0 amide bonds. The van der Waals surface area contributed by atoms with Gasteiger partial charge in [0.25, 0.3) is 0 Å². The molecule has 0 heterocycles. The van der Waals surface area contributed by atoms with Gasteiger partial charge in [0.15, 0.2) is 0 Å². The molecular weight excluding hydrogens is 160 g/mol. The maximum Gasteiger partial charge on any atom is 0.521 e. The summed E-state index contributed by atoms with van der Waals surface area (Å²) in [6.45, 7) is 0.